The highest BCUT2D eigenvalue weighted by atomic mass is 32.2. The third-order valence-electron chi connectivity index (χ3n) is 6.54. The highest BCUT2D eigenvalue weighted by molar-refractivity contribution is 7.89. The molecule has 0 saturated carbocycles. The molecular weight excluding hydrogens is 534 g/mol. The highest BCUT2D eigenvalue weighted by Gasteiger charge is 2.34. The van der Waals surface area contributed by atoms with Crippen LogP contribution < -0.4 is 9.47 Å². The van der Waals surface area contributed by atoms with Crippen LogP contribution in [0, 0.1) is 5.92 Å². The molecule has 11 heteroatoms. The van der Waals surface area contributed by atoms with Crippen molar-refractivity contribution in [1.82, 2.24) is 14.2 Å². The largest absolute Gasteiger partial charge is 0.454 e. The third-order valence-corrected chi connectivity index (χ3v) is 8.37. The molecule has 4 rings (SSSR count). The molecule has 40 heavy (non-hydrogen) atoms. The van der Waals surface area contributed by atoms with Crippen molar-refractivity contribution in [3.05, 3.63) is 84.2 Å². The average molecular weight is 570 g/mol. The van der Waals surface area contributed by atoms with Gasteiger partial charge in [-0.3, -0.25) is 4.98 Å². The number of fused-ring (bicyclic) bond motifs is 1. The Morgan fingerprint density at radius 2 is 1.75 bits per heavy atom. The van der Waals surface area contributed by atoms with E-state index in [4.69, 9.17) is 14.2 Å². The Bertz CT molecular complexity index is 1370. The normalized spacial score (nSPS) is 14.2. The van der Waals surface area contributed by atoms with Gasteiger partial charge in [0.25, 0.3) is 0 Å². The predicted molar refractivity (Wildman–Crippen MR) is 148 cm³/mol. The minimum absolute atomic E-state index is 0.0170. The number of amides is 1. The number of carbonyl (C=O) groups is 1. The zero-order valence-corrected chi connectivity index (χ0v) is 23.7. The zero-order chi connectivity index (χ0) is 28.7. The Hall–Kier alpha value is -3.67. The standard InChI is InChI=1S/C29H35N3O7S/c1-21(2)17-32(40(35,36)24-11-12-27-28(15-24)39-20-38-27)18-26(33)25(14-22-8-5-4-6-9-22)31(3)29(34)37-19-23-10-7-13-30-16-23/h4-13,15-16,21,25-26,33H,14,17-20H2,1-3H3/t25-,26+/m0/s1. The van der Waals surface area contributed by atoms with Gasteiger partial charge in [-0.2, -0.15) is 4.31 Å². The Morgan fingerprint density at radius 3 is 2.45 bits per heavy atom. The molecule has 0 fully saturated rings. The number of likely N-dealkylation sites (N-methyl/N-ethyl adjacent to an activating group) is 1. The van der Waals surface area contributed by atoms with Gasteiger partial charge in [-0.15, -0.1) is 0 Å². The van der Waals surface area contributed by atoms with Gasteiger partial charge in [0, 0.05) is 44.2 Å². The van der Waals surface area contributed by atoms with Crippen molar-refractivity contribution >= 4 is 16.1 Å². The first kappa shape index (κ1) is 29.3. The molecule has 0 saturated heterocycles. The number of hydrogen-bond donors (Lipinski definition) is 1. The summed E-state index contributed by atoms with van der Waals surface area (Å²) < 4.78 is 44.9. The molecule has 1 aromatic heterocycles. The summed E-state index contributed by atoms with van der Waals surface area (Å²) >= 11 is 0. The fourth-order valence-electron chi connectivity index (χ4n) is 4.45. The van der Waals surface area contributed by atoms with Crippen LogP contribution >= 0.6 is 0 Å². The van der Waals surface area contributed by atoms with E-state index in [1.54, 1.807) is 37.6 Å². The number of benzene rings is 2. The van der Waals surface area contributed by atoms with Crippen molar-refractivity contribution in [2.24, 2.45) is 5.92 Å². The summed E-state index contributed by atoms with van der Waals surface area (Å²) in [5.74, 6) is 0.804. The summed E-state index contributed by atoms with van der Waals surface area (Å²) in [5, 5.41) is 11.5. The van der Waals surface area contributed by atoms with Crippen LogP contribution in [-0.4, -0.2) is 72.9 Å². The first-order valence-electron chi connectivity index (χ1n) is 13.1. The molecule has 3 aromatic rings. The van der Waals surface area contributed by atoms with E-state index in [1.165, 1.54) is 21.3 Å². The van der Waals surface area contributed by atoms with E-state index in [1.807, 2.05) is 44.2 Å². The molecule has 2 heterocycles. The van der Waals surface area contributed by atoms with E-state index in [9.17, 15) is 18.3 Å². The van der Waals surface area contributed by atoms with Gasteiger partial charge in [0.05, 0.1) is 17.0 Å². The fourth-order valence-corrected chi connectivity index (χ4v) is 6.08. The molecule has 214 valence electrons. The number of sulfonamides is 1. The fraction of sp³-hybridized carbons (Fsp3) is 0.379. The number of aromatic nitrogens is 1. The smallest absolute Gasteiger partial charge is 0.410 e. The van der Waals surface area contributed by atoms with Crippen molar-refractivity contribution < 1.29 is 32.5 Å². The summed E-state index contributed by atoms with van der Waals surface area (Å²) in [7, 11) is -2.47. The number of rotatable bonds is 12. The van der Waals surface area contributed by atoms with Gasteiger partial charge in [-0.05, 0) is 36.1 Å². The van der Waals surface area contributed by atoms with Crippen LogP contribution in [0.25, 0.3) is 0 Å². The zero-order valence-electron chi connectivity index (χ0n) is 22.8. The lowest BCUT2D eigenvalue weighted by Crippen LogP contribution is -2.51. The molecule has 0 bridgehead atoms. The number of aliphatic hydroxyl groups is 1. The lowest BCUT2D eigenvalue weighted by Gasteiger charge is -2.34. The predicted octanol–water partition coefficient (Wildman–Crippen LogP) is 3.70. The van der Waals surface area contributed by atoms with E-state index in [0.717, 1.165) is 11.1 Å². The van der Waals surface area contributed by atoms with Gasteiger partial charge in [0.15, 0.2) is 11.5 Å². The molecule has 1 amide bonds. The van der Waals surface area contributed by atoms with Crippen LogP contribution in [0.5, 0.6) is 11.5 Å². The molecule has 1 aliphatic heterocycles. The van der Waals surface area contributed by atoms with E-state index < -0.39 is 28.3 Å². The molecule has 0 unspecified atom stereocenters. The molecule has 1 aliphatic rings. The number of hydrogen-bond acceptors (Lipinski definition) is 8. The molecule has 0 spiro atoms. The van der Waals surface area contributed by atoms with E-state index in [-0.39, 0.29) is 37.3 Å². The first-order valence-corrected chi connectivity index (χ1v) is 14.5. The van der Waals surface area contributed by atoms with Crippen molar-refractivity contribution in [2.45, 2.75) is 43.9 Å². The molecule has 1 N–H and O–H groups in total. The Morgan fingerprint density at radius 1 is 1.02 bits per heavy atom. The van der Waals surface area contributed by atoms with Gasteiger partial charge in [0.2, 0.25) is 16.8 Å². The maximum atomic E-state index is 13.8. The van der Waals surface area contributed by atoms with Crippen LogP contribution in [0.2, 0.25) is 0 Å². The number of aliphatic hydroxyl groups excluding tert-OH is 1. The minimum Gasteiger partial charge on any atom is -0.454 e. The number of pyridine rings is 1. The lowest BCUT2D eigenvalue weighted by atomic mass is 10.00. The van der Waals surface area contributed by atoms with Gasteiger partial charge in [-0.1, -0.05) is 50.2 Å². The third kappa shape index (κ3) is 7.29. The van der Waals surface area contributed by atoms with E-state index in [2.05, 4.69) is 4.98 Å². The maximum absolute atomic E-state index is 13.8. The Kier molecular flexibility index (Phi) is 9.62. The molecule has 2 aromatic carbocycles. The molecule has 0 radical (unpaired) electrons. The highest BCUT2D eigenvalue weighted by Crippen LogP contribution is 2.35. The summed E-state index contributed by atoms with van der Waals surface area (Å²) in [5.41, 5.74) is 1.61. The summed E-state index contributed by atoms with van der Waals surface area (Å²) in [6.07, 6.45) is 1.66. The quantitative estimate of drug-likeness (QED) is 0.351. The molecular formula is C29H35N3O7S. The van der Waals surface area contributed by atoms with Gasteiger partial charge < -0.3 is 24.2 Å². The molecule has 0 aliphatic carbocycles. The molecule has 2 atom stereocenters. The van der Waals surface area contributed by atoms with Crippen LogP contribution in [0.3, 0.4) is 0 Å². The second kappa shape index (κ2) is 13.1. The lowest BCUT2D eigenvalue weighted by molar-refractivity contribution is 0.0332. The monoisotopic (exact) mass is 569 g/mol. The average Bonchev–Trinajstić information content (AvgIpc) is 3.43. The summed E-state index contributed by atoms with van der Waals surface area (Å²) in [6.45, 7) is 3.78. The topological polar surface area (TPSA) is 118 Å². The van der Waals surface area contributed by atoms with Gasteiger partial charge in [-0.25, -0.2) is 13.2 Å². The molecule has 10 nitrogen and oxygen atoms in total. The van der Waals surface area contributed by atoms with E-state index >= 15 is 0 Å². The second-order valence-electron chi connectivity index (χ2n) is 10.1. The number of ether oxygens (including phenoxy) is 3. The van der Waals surface area contributed by atoms with Crippen molar-refractivity contribution in [2.75, 3.05) is 26.9 Å². The van der Waals surface area contributed by atoms with Gasteiger partial charge in [0.1, 0.15) is 6.61 Å². The van der Waals surface area contributed by atoms with Crippen LogP contribution in [0.1, 0.15) is 25.0 Å². The summed E-state index contributed by atoms with van der Waals surface area (Å²) in [4.78, 5) is 18.4. The minimum atomic E-state index is -4.02. The maximum Gasteiger partial charge on any atom is 0.410 e. The summed E-state index contributed by atoms with van der Waals surface area (Å²) in [6, 6.07) is 16.6. The SMILES string of the molecule is CC(C)CN(C[C@@H](O)[C@H](Cc1ccccc1)N(C)C(=O)OCc1cccnc1)S(=O)(=O)c1ccc2c(c1)OCO2. The number of nitrogens with zero attached hydrogens (tertiary/aromatic N) is 3. The van der Waals surface area contributed by atoms with Crippen molar-refractivity contribution in [1.29, 1.82) is 0 Å². The second-order valence-corrected chi connectivity index (χ2v) is 12.0. The van der Waals surface area contributed by atoms with E-state index in [0.29, 0.717) is 17.9 Å². The van der Waals surface area contributed by atoms with Crippen LogP contribution in [0.4, 0.5) is 4.79 Å². The Labute approximate surface area is 235 Å². The van der Waals surface area contributed by atoms with Crippen LogP contribution in [0.15, 0.2) is 78.0 Å². The van der Waals surface area contributed by atoms with Crippen molar-refractivity contribution in [3.8, 4) is 11.5 Å². The first-order chi connectivity index (χ1) is 19.1. The Balaban J connectivity index is 1.56. The number of carbonyl (C=O) groups excluding carboxylic acids is 1. The van der Waals surface area contributed by atoms with Gasteiger partial charge >= 0.3 is 6.09 Å². The van der Waals surface area contributed by atoms with Crippen LogP contribution in [-0.2, 0) is 27.8 Å². The van der Waals surface area contributed by atoms with Crippen molar-refractivity contribution in [3.63, 3.8) is 0 Å².